The summed E-state index contributed by atoms with van der Waals surface area (Å²) in [7, 11) is 0. The summed E-state index contributed by atoms with van der Waals surface area (Å²) >= 11 is 0. The van der Waals surface area contributed by atoms with Crippen LogP contribution in [0, 0.1) is 5.92 Å². The molecule has 0 saturated heterocycles. The van der Waals surface area contributed by atoms with Crippen LogP contribution in [0.25, 0.3) is 11.2 Å². The maximum atomic E-state index is 4.62. The number of rotatable bonds is 5. The van der Waals surface area contributed by atoms with E-state index < -0.39 is 0 Å². The molecule has 0 amide bonds. The van der Waals surface area contributed by atoms with Gasteiger partial charge in [-0.15, -0.1) is 0 Å². The molecule has 130 valence electrons. The first-order valence-electron chi connectivity index (χ1n) is 9.18. The fourth-order valence-corrected chi connectivity index (χ4v) is 3.91. The Bertz CT molecular complexity index is 842. The molecule has 5 heteroatoms. The van der Waals surface area contributed by atoms with Gasteiger partial charge in [0, 0.05) is 12.1 Å². The molecule has 0 spiro atoms. The molecule has 1 fully saturated rings. The first kappa shape index (κ1) is 16.1. The second-order valence-electron chi connectivity index (χ2n) is 7.35. The third-order valence-corrected chi connectivity index (χ3v) is 5.19. The second-order valence-corrected chi connectivity index (χ2v) is 7.35. The maximum absolute atomic E-state index is 4.62. The highest BCUT2D eigenvalue weighted by Crippen LogP contribution is 2.36. The van der Waals surface area contributed by atoms with Crippen LogP contribution in [0.1, 0.15) is 44.7 Å². The van der Waals surface area contributed by atoms with Gasteiger partial charge in [-0.3, -0.25) is 0 Å². The smallest absolute Gasteiger partial charge is 0.165 e. The van der Waals surface area contributed by atoms with Crippen molar-refractivity contribution >= 4 is 17.0 Å². The minimum absolute atomic E-state index is 0.275. The van der Waals surface area contributed by atoms with E-state index in [4.69, 9.17) is 0 Å². The largest absolute Gasteiger partial charge is 0.365 e. The van der Waals surface area contributed by atoms with Crippen LogP contribution in [0.5, 0.6) is 0 Å². The number of nitrogens with zero attached hydrogens (tertiary/aromatic N) is 4. The van der Waals surface area contributed by atoms with Gasteiger partial charge in [0.1, 0.15) is 11.8 Å². The van der Waals surface area contributed by atoms with Crippen molar-refractivity contribution in [1.82, 2.24) is 19.5 Å². The fraction of sp³-hybridized carbons (Fsp3) is 0.450. The van der Waals surface area contributed by atoms with Crippen LogP contribution in [0.3, 0.4) is 0 Å². The fourth-order valence-electron chi connectivity index (χ4n) is 3.91. The number of benzene rings is 1. The quantitative estimate of drug-likeness (QED) is 0.758. The monoisotopic (exact) mass is 335 g/mol. The molecular formula is C20H25N5. The highest BCUT2D eigenvalue weighted by molar-refractivity contribution is 5.82. The van der Waals surface area contributed by atoms with Gasteiger partial charge in [-0.05, 0) is 44.1 Å². The SMILES string of the molecule is CC1CCC(n2cnc3c(NC(C)Cc4ccccc4)ncnc32)C1. The highest BCUT2D eigenvalue weighted by atomic mass is 15.2. The van der Waals surface area contributed by atoms with E-state index in [2.05, 4.69) is 62.9 Å². The molecular weight excluding hydrogens is 310 g/mol. The van der Waals surface area contributed by atoms with E-state index in [9.17, 15) is 0 Å². The van der Waals surface area contributed by atoms with Crippen molar-refractivity contribution in [2.45, 2.75) is 51.6 Å². The molecule has 1 aliphatic carbocycles. The molecule has 0 radical (unpaired) electrons. The van der Waals surface area contributed by atoms with Crippen molar-refractivity contribution in [1.29, 1.82) is 0 Å². The van der Waals surface area contributed by atoms with Crippen LogP contribution in [-0.4, -0.2) is 25.6 Å². The summed E-state index contributed by atoms with van der Waals surface area (Å²) in [5.41, 5.74) is 3.14. The summed E-state index contributed by atoms with van der Waals surface area (Å²) in [6.07, 6.45) is 8.25. The van der Waals surface area contributed by atoms with Crippen LogP contribution in [0.15, 0.2) is 43.0 Å². The Morgan fingerprint density at radius 3 is 2.76 bits per heavy atom. The number of hydrogen-bond donors (Lipinski definition) is 1. The van der Waals surface area contributed by atoms with E-state index in [1.807, 2.05) is 12.4 Å². The Labute approximate surface area is 148 Å². The van der Waals surface area contributed by atoms with Gasteiger partial charge < -0.3 is 9.88 Å². The van der Waals surface area contributed by atoms with Gasteiger partial charge >= 0.3 is 0 Å². The minimum Gasteiger partial charge on any atom is -0.365 e. The Morgan fingerprint density at radius 1 is 1.16 bits per heavy atom. The first-order chi connectivity index (χ1) is 12.2. The predicted molar refractivity (Wildman–Crippen MR) is 101 cm³/mol. The molecule has 1 N–H and O–H groups in total. The average molecular weight is 335 g/mol. The number of nitrogens with one attached hydrogen (secondary N) is 1. The second kappa shape index (κ2) is 6.82. The lowest BCUT2D eigenvalue weighted by Gasteiger charge is -2.15. The number of aromatic nitrogens is 4. The summed E-state index contributed by atoms with van der Waals surface area (Å²) in [5.74, 6) is 1.62. The first-order valence-corrected chi connectivity index (χ1v) is 9.18. The van der Waals surface area contributed by atoms with Gasteiger partial charge in [0.2, 0.25) is 0 Å². The van der Waals surface area contributed by atoms with Crippen molar-refractivity contribution in [2.75, 3.05) is 5.32 Å². The molecule has 2 heterocycles. The van der Waals surface area contributed by atoms with Gasteiger partial charge in [-0.25, -0.2) is 15.0 Å². The highest BCUT2D eigenvalue weighted by Gasteiger charge is 2.25. The van der Waals surface area contributed by atoms with E-state index in [-0.39, 0.29) is 6.04 Å². The molecule has 0 aliphatic heterocycles. The van der Waals surface area contributed by atoms with E-state index in [1.54, 1.807) is 6.33 Å². The molecule has 3 aromatic rings. The van der Waals surface area contributed by atoms with Crippen LogP contribution in [0.4, 0.5) is 5.82 Å². The zero-order valence-corrected chi connectivity index (χ0v) is 14.9. The van der Waals surface area contributed by atoms with Gasteiger partial charge in [-0.1, -0.05) is 37.3 Å². The van der Waals surface area contributed by atoms with Crippen LogP contribution in [-0.2, 0) is 6.42 Å². The third-order valence-electron chi connectivity index (χ3n) is 5.19. The molecule has 1 saturated carbocycles. The molecule has 3 unspecified atom stereocenters. The summed E-state index contributed by atoms with van der Waals surface area (Å²) in [4.78, 5) is 13.6. The number of imidazole rings is 1. The molecule has 1 aliphatic rings. The zero-order valence-electron chi connectivity index (χ0n) is 14.9. The minimum atomic E-state index is 0.275. The Hall–Kier alpha value is -2.43. The Kier molecular flexibility index (Phi) is 4.38. The molecule has 1 aromatic carbocycles. The van der Waals surface area contributed by atoms with E-state index >= 15 is 0 Å². The van der Waals surface area contributed by atoms with Gasteiger partial charge in [0.25, 0.3) is 0 Å². The lowest BCUT2D eigenvalue weighted by molar-refractivity contribution is 0.502. The molecule has 0 bridgehead atoms. The average Bonchev–Trinajstić information content (AvgIpc) is 3.22. The Balaban J connectivity index is 1.55. The topological polar surface area (TPSA) is 55.6 Å². The molecule has 2 aromatic heterocycles. The maximum Gasteiger partial charge on any atom is 0.165 e. The third kappa shape index (κ3) is 3.36. The lowest BCUT2D eigenvalue weighted by Crippen LogP contribution is -2.19. The molecule has 5 nitrogen and oxygen atoms in total. The molecule has 25 heavy (non-hydrogen) atoms. The lowest BCUT2D eigenvalue weighted by atomic mass is 10.1. The Morgan fingerprint density at radius 2 is 2.00 bits per heavy atom. The van der Waals surface area contributed by atoms with Crippen LogP contribution in [0.2, 0.25) is 0 Å². The van der Waals surface area contributed by atoms with Crippen LogP contribution < -0.4 is 5.32 Å². The molecule has 4 rings (SSSR count). The number of hydrogen-bond acceptors (Lipinski definition) is 4. The van der Waals surface area contributed by atoms with E-state index in [0.29, 0.717) is 6.04 Å². The van der Waals surface area contributed by atoms with Crippen molar-refractivity contribution in [3.05, 3.63) is 48.5 Å². The van der Waals surface area contributed by atoms with Crippen molar-refractivity contribution in [3.63, 3.8) is 0 Å². The van der Waals surface area contributed by atoms with Crippen LogP contribution >= 0.6 is 0 Å². The van der Waals surface area contributed by atoms with Crippen molar-refractivity contribution in [3.8, 4) is 0 Å². The molecule has 3 atom stereocenters. The normalized spacial score (nSPS) is 21.5. The summed E-state index contributed by atoms with van der Waals surface area (Å²) in [5, 5.41) is 3.52. The number of fused-ring (bicyclic) bond motifs is 1. The van der Waals surface area contributed by atoms with E-state index in [1.165, 1.54) is 24.8 Å². The zero-order chi connectivity index (χ0) is 17.2. The summed E-state index contributed by atoms with van der Waals surface area (Å²) < 4.78 is 2.24. The van der Waals surface area contributed by atoms with Crippen molar-refractivity contribution in [2.24, 2.45) is 5.92 Å². The summed E-state index contributed by atoms with van der Waals surface area (Å²) in [6.45, 7) is 4.50. The standard InChI is InChI=1S/C20H25N5/c1-14-8-9-17(10-14)25-13-23-18-19(21-12-22-20(18)25)24-15(2)11-16-6-4-3-5-7-16/h3-7,12-15,17H,8-11H2,1-2H3,(H,21,22,24). The van der Waals surface area contributed by atoms with Gasteiger partial charge in [0.05, 0.1) is 6.33 Å². The summed E-state index contributed by atoms with van der Waals surface area (Å²) in [6, 6.07) is 11.3. The van der Waals surface area contributed by atoms with Crippen molar-refractivity contribution < 1.29 is 0 Å². The van der Waals surface area contributed by atoms with Gasteiger partial charge in [-0.2, -0.15) is 0 Å². The van der Waals surface area contributed by atoms with E-state index in [0.717, 1.165) is 29.3 Å². The van der Waals surface area contributed by atoms with Gasteiger partial charge in [0.15, 0.2) is 11.5 Å². The predicted octanol–water partition coefficient (Wildman–Crippen LogP) is 4.23. The number of anilines is 1.